The average Bonchev–Trinajstić information content (AvgIpc) is 2.41. The summed E-state index contributed by atoms with van der Waals surface area (Å²) in [6, 6.07) is 6.51. The van der Waals surface area contributed by atoms with Crippen molar-refractivity contribution in [3.63, 3.8) is 0 Å². The van der Waals surface area contributed by atoms with Gasteiger partial charge in [-0.3, -0.25) is 9.69 Å². The van der Waals surface area contributed by atoms with Crippen molar-refractivity contribution in [1.82, 2.24) is 4.90 Å². The molecule has 0 bridgehead atoms. The fraction of sp³-hybridized carbons (Fsp3) is 0.500. The number of nitrogens with zero attached hydrogens (tertiary/aromatic N) is 1. The van der Waals surface area contributed by atoms with Gasteiger partial charge in [0.1, 0.15) is 0 Å². The quantitative estimate of drug-likeness (QED) is 0.842. The molecule has 1 aromatic rings. The fourth-order valence-electron chi connectivity index (χ4n) is 2.32. The predicted molar refractivity (Wildman–Crippen MR) is 81.8 cm³/mol. The molecule has 0 aliphatic carbocycles. The van der Waals surface area contributed by atoms with Crippen LogP contribution in [0.3, 0.4) is 0 Å². The van der Waals surface area contributed by atoms with Crippen molar-refractivity contribution >= 4 is 21.4 Å². The summed E-state index contributed by atoms with van der Waals surface area (Å²) in [6.07, 6.45) is 2.94. The van der Waals surface area contributed by atoms with Crippen molar-refractivity contribution in [3.8, 4) is 0 Å². The Morgan fingerprint density at radius 3 is 2.67 bits per heavy atom. The molecule has 0 aromatic heterocycles. The summed E-state index contributed by atoms with van der Waals surface area (Å²) < 4.78 is 23.0. The van der Waals surface area contributed by atoms with Crippen LogP contribution in [0.25, 0.3) is 0 Å². The van der Waals surface area contributed by atoms with E-state index in [4.69, 9.17) is 5.73 Å². The molecule has 1 aliphatic rings. The highest BCUT2D eigenvalue weighted by Gasteiger charge is 2.18. The second kappa shape index (κ2) is 6.55. The van der Waals surface area contributed by atoms with Crippen LogP contribution < -0.4 is 11.1 Å². The molecule has 0 spiro atoms. The topological polar surface area (TPSA) is 92.5 Å². The smallest absolute Gasteiger partial charge is 0.238 e. The van der Waals surface area contributed by atoms with Crippen molar-refractivity contribution in [1.29, 1.82) is 0 Å². The number of hydrogen-bond donors (Lipinski definition) is 2. The Hall–Kier alpha value is -1.44. The minimum absolute atomic E-state index is 0.142. The van der Waals surface area contributed by atoms with Crippen molar-refractivity contribution in [3.05, 3.63) is 24.3 Å². The maximum absolute atomic E-state index is 12.0. The highest BCUT2D eigenvalue weighted by atomic mass is 32.2. The van der Waals surface area contributed by atoms with Crippen LogP contribution in [-0.2, 0) is 14.6 Å². The van der Waals surface area contributed by atoms with Crippen LogP contribution in [0.4, 0.5) is 5.69 Å². The van der Waals surface area contributed by atoms with Crippen LogP contribution in [0, 0.1) is 0 Å². The van der Waals surface area contributed by atoms with Crippen molar-refractivity contribution in [2.45, 2.75) is 23.8 Å². The number of carbonyl (C=O) groups is 1. The van der Waals surface area contributed by atoms with Gasteiger partial charge in [-0.15, -0.1) is 0 Å². The van der Waals surface area contributed by atoms with Crippen molar-refractivity contribution in [2.75, 3.05) is 31.2 Å². The first-order valence-electron chi connectivity index (χ1n) is 6.92. The third-order valence-corrected chi connectivity index (χ3v) is 4.66. The number of carbonyl (C=O) groups excluding carboxylic acids is 1. The summed E-state index contributed by atoms with van der Waals surface area (Å²) >= 11 is 0. The van der Waals surface area contributed by atoms with Gasteiger partial charge in [0, 0.05) is 31.1 Å². The summed E-state index contributed by atoms with van der Waals surface area (Å²) in [7, 11) is -3.27. The highest BCUT2D eigenvalue weighted by molar-refractivity contribution is 7.90. The Balaban J connectivity index is 1.94. The second-order valence-electron chi connectivity index (χ2n) is 5.46. The van der Waals surface area contributed by atoms with Gasteiger partial charge < -0.3 is 11.1 Å². The fourth-order valence-corrected chi connectivity index (χ4v) is 2.99. The Labute approximate surface area is 125 Å². The van der Waals surface area contributed by atoms with E-state index in [1.807, 2.05) is 0 Å². The first-order chi connectivity index (χ1) is 9.84. The predicted octanol–water partition coefficient (Wildman–Crippen LogP) is 0.452. The zero-order valence-electron chi connectivity index (χ0n) is 12.1. The van der Waals surface area contributed by atoms with Crippen LogP contribution >= 0.6 is 0 Å². The van der Waals surface area contributed by atoms with Gasteiger partial charge >= 0.3 is 0 Å². The lowest BCUT2D eigenvalue weighted by Gasteiger charge is -2.29. The van der Waals surface area contributed by atoms with Crippen LogP contribution in [0.1, 0.15) is 12.8 Å². The lowest BCUT2D eigenvalue weighted by Crippen LogP contribution is -2.43. The van der Waals surface area contributed by atoms with E-state index < -0.39 is 9.84 Å². The second-order valence-corrected chi connectivity index (χ2v) is 7.48. The highest BCUT2D eigenvalue weighted by Crippen LogP contribution is 2.15. The van der Waals surface area contributed by atoms with E-state index in [0.29, 0.717) is 12.2 Å². The molecule has 21 heavy (non-hydrogen) atoms. The molecule has 0 radical (unpaired) electrons. The zero-order chi connectivity index (χ0) is 15.5. The maximum atomic E-state index is 12.0. The van der Waals surface area contributed by atoms with Gasteiger partial charge in [0.05, 0.1) is 11.4 Å². The Kier molecular flexibility index (Phi) is 4.97. The molecular formula is C14H21N3O3S. The van der Waals surface area contributed by atoms with Crippen LogP contribution in [0.5, 0.6) is 0 Å². The Morgan fingerprint density at radius 2 is 2.05 bits per heavy atom. The van der Waals surface area contributed by atoms with E-state index in [2.05, 4.69) is 10.2 Å². The molecule has 0 unspecified atom stereocenters. The van der Waals surface area contributed by atoms with Crippen LogP contribution in [-0.4, -0.2) is 51.2 Å². The standard InChI is InChI=1S/C14H21N3O3S/c1-21(19,20)13-4-2-3-12(9-13)16-14(18)10-17-7-5-11(15)6-8-17/h2-4,9,11H,5-8,10,15H2,1H3,(H,16,18). The first-order valence-corrected chi connectivity index (χ1v) is 8.81. The minimum Gasteiger partial charge on any atom is -0.328 e. The lowest BCUT2D eigenvalue weighted by atomic mass is 10.1. The van der Waals surface area contributed by atoms with Gasteiger partial charge in [-0.25, -0.2) is 8.42 Å². The third kappa shape index (κ3) is 4.80. The number of nitrogens with one attached hydrogen (secondary N) is 1. The molecule has 1 amide bonds. The summed E-state index contributed by atoms with van der Waals surface area (Å²) in [4.78, 5) is 14.2. The van der Waals surface area contributed by atoms with E-state index in [-0.39, 0.29) is 16.8 Å². The molecule has 1 aromatic carbocycles. The molecule has 0 saturated carbocycles. The molecule has 1 heterocycles. The van der Waals surface area contributed by atoms with Crippen LogP contribution in [0.15, 0.2) is 29.2 Å². The zero-order valence-corrected chi connectivity index (χ0v) is 12.9. The molecule has 1 fully saturated rings. The van der Waals surface area contributed by atoms with Crippen LogP contribution in [0.2, 0.25) is 0 Å². The minimum atomic E-state index is -3.27. The molecule has 1 saturated heterocycles. The number of piperidine rings is 1. The van der Waals surface area contributed by atoms with E-state index >= 15 is 0 Å². The maximum Gasteiger partial charge on any atom is 0.238 e. The molecule has 116 valence electrons. The number of sulfone groups is 1. The Morgan fingerprint density at radius 1 is 1.38 bits per heavy atom. The van der Waals surface area contributed by atoms with E-state index in [9.17, 15) is 13.2 Å². The summed E-state index contributed by atoms with van der Waals surface area (Å²) in [5, 5.41) is 2.74. The number of anilines is 1. The average molecular weight is 311 g/mol. The van der Waals surface area contributed by atoms with Gasteiger partial charge in [-0.05, 0) is 31.0 Å². The first kappa shape index (κ1) is 15.9. The molecular weight excluding hydrogens is 290 g/mol. The normalized spacial score (nSPS) is 17.6. The van der Waals surface area contributed by atoms with Gasteiger partial charge in [0.15, 0.2) is 9.84 Å². The molecule has 3 N–H and O–H groups in total. The lowest BCUT2D eigenvalue weighted by molar-refractivity contribution is -0.117. The van der Waals surface area contributed by atoms with E-state index in [1.54, 1.807) is 12.1 Å². The molecule has 0 atom stereocenters. The Bertz CT molecular complexity index is 608. The molecule has 2 rings (SSSR count). The number of rotatable bonds is 4. The molecule has 1 aliphatic heterocycles. The summed E-state index contributed by atoms with van der Waals surface area (Å²) in [5.74, 6) is -0.142. The number of hydrogen-bond acceptors (Lipinski definition) is 5. The number of likely N-dealkylation sites (tertiary alicyclic amines) is 1. The largest absolute Gasteiger partial charge is 0.328 e. The van der Waals surface area contributed by atoms with Crippen molar-refractivity contribution < 1.29 is 13.2 Å². The monoisotopic (exact) mass is 311 g/mol. The van der Waals surface area contributed by atoms with E-state index in [1.165, 1.54) is 12.1 Å². The summed E-state index contributed by atoms with van der Waals surface area (Å²) in [5.41, 5.74) is 6.32. The van der Waals surface area contributed by atoms with Gasteiger partial charge in [-0.2, -0.15) is 0 Å². The van der Waals surface area contributed by atoms with Gasteiger partial charge in [0.25, 0.3) is 0 Å². The number of amides is 1. The SMILES string of the molecule is CS(=O)(=O)c1cccc(NC(=O)CN2CCC(N)CC2)c1. The number of benzene rings is 1. The van der Waals surface area contributed by atoms with Crippen molar-refractivity contribution in [2.24, 2.45) is 5.73 Å². The van der Waals surface area contributed by atoms with E-state index in [0.717, 1.165) is 32.2 Å². The van der Waals surface area contributed by atoms with Gasteiger partial charge in [0.2, 0.25) is 5.91 Å². The summed E-state index contributed by atoms with van der Waals surface area (Å²) in [6.45, 7) is 1.94. The number of nitrogens with two attached hydrogens (primary N) is 1. The third-order valence-electron chi connectivity index (χ3n) is 3.55. The van der Waals surface area contributed by atoms with Gasteiger partial charge in [-0.1, -0.05) is 6.07 Å². The molecule has 7 heteroatoms. The molecule has 6 nitrogen and oxygen atoms in total.